The first-order valence-corrected chi connectivity index (χ1v) is 10.1. The van der Waals surface area contributed by atoms with E-state index in [9.17, 15) is 13.2 Å². The van der Waals surface area contributed by atoms with E-state index in [-0.39, 0.29) is 11.7 Å². The van der Waals surface area contributed by atoms with Gasteiger partial charge in [-0.25, -0.2) is 12.7 Å². The fourth-order valence-electron chi connectivity index (χ4n) is 2.90. The van der Waals surface area contributed by atoms with Crippen LogP contribution in [0.2, 0.25) is 0 Å². The second-order valence-electron chi connectivity index (χ2n) is 6.24. The van der Waals surface area contributed by atoms with Gasteiger partial charge < -0.3 is 10.1 Å². The lowest BCUT2D eigenvalue weighted by molar-refractivity contribution is 0.102. The smallest absolute Gasteiger partial charge is 0.255 e. The minimum atomic E-state index is -3.28. The van der Waals surface area contributed by atoms with Crippen molar-refractivity contribution < 1.29 is 17.9 Å². The number of carbonyl (C=O) groups excluding carboxylic acids is 1. The van der Waals surface area contributed by atoms with E-state index in [2.05, 4.69) is 5.32 Å². The van der Waals surface area contributed by atoms with Crippen LogP contribution in [0.25, 0.3) is 0 Å². The van der Waals surface area contributed by atoms with Gasteiger partial charge in [0.05, 0.1) is 12.9 Å². The SMILES string of the molecule is COc1ccc(NC(=O)c2ccc(CS(=O)(=O)N3CCCC3)cc2)cc1. The van der Waals surface area contributed by atoms with E-state index in [1.54, 1.807) is 55.6 Å². The van der Waals surface area contributed by atoms with E-state index < -0.39 is 10.0 Å². The van der Waals surface area contributed by atoms with Crippen molar-refractivity contribution in [3.8, 4) is 5.75 Å². The van der Waals surface area contributed by atoms with Crippen molar-refractivity contribution in [2.45, 2.75) is 18.6 Å². The molecule has 0 aromatic heterocycles. The third kappa shape index (κ3) is 4.42. The highest BCUT2D eigenvalue weighted by Gasteiger charge is 2.25. The molecule has 1 heterocycles. The van der Waals surface area contributed by atoms with Gasteiger partial charge in [0.1, 0.15) is 5.75 Å². The Kier molecular flexibility index (Phi) is 5.58. The first-order valence-electron chi connectivity index (χ1n) is 8.50. The molecule has 0 unspecified atom stereocenters. The van der Waals surface area contributed by atoms with E-state index >= 15 is 0 Å². The van der Waals surface area contributed by atoms with Gasteiger partial charge >= 0.3 is 0 Å². The Bertz CT molecular complexity index is 855. The minimum absolute atomic E-state index is 0.0343. The van der Waals surface area contributed by atoms with Crippen LogP contribution in [0.1, 0.15) is 28.8 Å². The molecule has 2 aromatic carbocycles. The molecule has 26 heavy (non-hydrogen) atoms. The van der Waals surface area contributed by atoms with Crippen LogP contribution < -0.4 is 10.1 Å². The summed E-state index contributed by atoms with van der Waals surface area (Å²) in [5, 5.41) is 2.80. The number of amides is 1. The molecule has 1 aliphatic heterocycles. The fourth-order valence-corrected chi connectivity index (χ4v) is 4.51. The maximum Gasteiger partial charge on any atom is 0.255 e. The molecule has 0 atom stereocenters. The number of hydrogen-bond acceptors (Lipinski definition) is 4. The van der Waals surface area contributed by atoms with E-state index in [0.29, 0.717) is 35.7 Å². The number of sulfonamides is 1. The first-order chi connectivity index (χ1) is 12.5. The second-order valence-corrected chi connectivity index (χ2v) is 8.21. The van der Waals surface area contributed by atoms with Crippen molar-refractivity contribution >= 4 is 21.6 Å². The quantitative estimate of drug-likeness (QED) is 0.844. The van der Waals surface area contributed by atoms with E-state index in [0.717, 1.165) is 12.8 Å². The zero-order valence-electron chi connectivity index (χ0n) is 14.6. The lowest BCUT2D eigenvalue weighted by atomic mass is 10.1. The molecule has 0 radical (unpaired) electrons. The van der Waals surface area contributed by atoms with Crippen molar-refractivity contribution in [2.75, 3.05) is 25.5 Å². The summed E-state index contributed by atoms with van der Waals surface area (Å²) in [5.41, 5.74) is 1.82. The molecule has 0 spiro atoms. The van der Waals surface area contributed by atoms with Gasteiger partial charge in [-0.1, -0.05) is 12.1 Å². The van der Waals surface area contributed by atoms with Crippen molar-refractivity contribution in [1.29, 1.82) is 0 Å². The van der Waals surface area contributed by atoms with Gasteiger partial charge in [-0.15, -0.1) is 0 Å². The van der Waals surface area contributed by atoms with Crippen LogP contribution >= 0.6 is 0 Å². The molecular formula is C19H22N2O4S. The average Bonchev–Trinajstić information content (AvgIpc) is 3.18. The minimum Gasteiger partial charge on any atom is -0.497 e. The van der Waals surface area contributed by atoms with Crippen molar-refractivity contribution in [3.63, 3.8) is 0 Å². The van der Waals surface area contributed by atoms with Crippen LogP contribution in [0.3, 0.4) is 0 Å². The molecule has 6 nitrogen and oxygen atoms in total. The number of nitrogens with one attached hydrogen (secondary N) is 1. The Morgan fingerprint density at radius 2 is 1.65 bits per heavy atom. The lowest BCUT2D eigenvalue weighted by Crippen LogP contribution is -2.29. The Labute approximate surface area is 153 Å². The molecule has 3 rings (SSSR count). The highest BCUT2D eigenvalue weighted by molar-refractivity contribution is 7.88. The predicted octanol–water partition coefficient (Wildman–Crippen LogP) is 2.87. The number of rotatable bonds is 6. The number of hydrogen-bond donors (Lipinski definition) is 1. The number of carbonyl (C=O) groups is 1. The summed E-state index contributed by atoms with van der Waals surface area (Å²) in [4.78, 5) is 12.3. The summed E-state index contributed by atoms with van der Waals surface area (Å²) in [7, 11) is -1.70. The zero-order chi connectivity index (χ0) is 18.6. The molecule has 2 aromatic rings. The van der Waals surface area contributed by atoms with Gasteiger partial charge in [-0.05, 0) is 54.8 Å². The maximum absolute atomic E-state index is 12.4. The molecular weight excluding hydrogens is 352 g/mol. The zero-order valence-corrected chi connectivity index (χ0v) is 15.5. The topological polar surface area (TPSA) is 75.7 Å². The summed E-state index contributed by atoms with van der Waals surface area (Å²) in [6.45, 7) is 1.20. The summed E-state index contributed by atoms with van der Waals surface area (Å²) in [6.07, 6.45) is 1.84. The summed E-state index contributed by atoms with van der Waals surface area (Å²) >= 11 is 0. The Morgan fingerprint density at radius 3 is 2.23 bits per heavy atom. The summed E-state index contributed by atoms with van der Waals surface area (Å²) in [6, 6.07) is 13.7. The fraction of sp³-hybridized carbons (Fsp3) is 0.316. The molecule has 138 valence electrons. The van der Waals surface area contributed by atoms with Crippen molar-refractivity contribution in [1.82, 2.24) is 4.31 Å². The standard InChI is InChI=1S/C19H22N2O4S/c1-25-18-10-8-17(9-11-18)20-19(22)16-6-4-15(5-7-16)14-26(23,24)21-12-2-3-13-21/h4-11H,2-3,12-14H2,1H3,(H,20,22). The van der Waals surface area contributed by atoms with Gasteiger partial charge in [0.25, 0.3) is 5.91 Å². The van der Waals surface area contributed by atoms with Gasteiger partial charge in [-0.2, -0.15) is 0 Å². The van der Waals surface area contributed by atoms with Crippen molar-refractivity contribution in [3.05, 3.63) is 59.7 Å². The average molecular weight is 374 g/mol. The Morgan fingerprint density at radius 1 is 1.04 bits per heavy atom. The molecule has 0 saturated carbocycles. The van der Waals surface area contributed by atoms with Crippen LogP contribution in [-0.4, -0.2) is 38.8 Å². The number of ether oxygens (including phenoxy) is 1. The van der Waals surface area contributed by atoms with Crippen LogP contribution in [-0.2, 0) is 15.8 Å². The van der Waals surface area contributed by atoms with Crippen LogP contribution in [0.5, 0.6) is 5.75 Å². The van der Waals surface area contributed by atoms with Gasteiger partial charge in [0, 0.05) is 24.3 Å². The van der Waals surface area contributed by atoms with E-state index in [1.165, 1.54) is 4.31 Å². The molecule has 0 bridgehead atoms. The maximum atomic E-state index is 12.4. The van der Waals surface area contributed by atoms with E-state index in [4.69, 9.17) is 4.74 Å². The molecule has 1 amide bonds. The number of benzene rings is 2. The molecule has 1 N–H and O–H groups in total. The first kappa shape index (κ1) is 18.4. The monoisotopic (exact) mass is 374 g/mol. The highest BCUT2D eigenvalue weighted by atomic mass is 32.2. The molecule has 7 heteroatoms. The third-order valence-corrected chi connectivity index (χ3v) is 6.22. The summed E-state index contributed by atoms with van der Waals surface area (Å²) in [5.74, 6) is 0.434. The largest absolute Gasteiger partial charge is 0.497 e. The lowest BCUT2D eigenvalue weighted by Gasteiger charge is -2.15. The number of anilines is 1. The second kappa shape index (κ2) is 7.88. The number of methoxy groups -OCH3 is 1. The third-order valence-electron chi connectivity index (χ3n) is 4.37. The van der Waals surface area contributed by atoms with Crippen molar-refractivity contribution in [2.24, 2.45) is 0 Å². The highest BCUT2D eigenvalue weighted by Crippen LogP contribution is 2.19. The molecule has 0 aliphatic carbocycles. The van der Waals surface area contributed by atoms with Crippen LogP contribution in [0, 0.1) is 0 Å². The molecule has 1 fully saturated rings. The molecule has 1 aliphatic rings. The Balaban J connectivity index is 1.63. The van der Waals surface area contributed by atoms with E-state index in [1.807, 2.05) is 0 Å². The van der Waals surface area contributed by atoms with Gasteiger partial charge in [0.2, 0.25) is 10.0 Å². The normalized spacial score (nSPS) is 15.0. The van der Waals surface area contributed by atoms with Gasteiger partial charge in [0.15, 0.2) is 0 Å². The van der Waals surface area contributed by atoms with Gasteiger partial charge in [-0.3, -0.25) is 4.79 Å². The van der Waals surface area contributed by atoms with Crippen LogP contribution in [0.4, 0.5) is 5.69 Å². The Hall–Kier alpha value is -2.38. The van der Waals surface area contributed by atoms with Crippen LogP contribution in [0.15, 0.2) is 48.5 Å². The molecule has 1 saturated heterocycles. The predicted molar refractivity (Wildman–Crippen MR) is 101 cm³/mol. The summed E-state index contributed by atoms with van der Waals surface area (Å²) < 4.78 is 31.3. The number of nitrogens with zero attached hydrogens (tertiary/aromatic N) is 1.